The van der Waals surface area contributed by atoms with Gasteiger partial charge in [-0.1, -0.05) is 11.6 Å². The molecular weight excluding hydrogens is 380 g/mol. The standard InChI is InChI=1S/C18H23ClN8O/c1-26-12-14(9-23-26)24-18-22-10-15(19)17(25-18)21-8-13-4-3-7-27(11-13)16(28)5-2-6-20/h9-10,12-13H,2-5,7-8,11H2,1H3,(H2,21,22,24,25). The number of carbonyl (C=O) groups is 1. The molecular formula is C18H23ClN8O. The van der Waals surface area contributed by atoms with Crippen LogP contribution in [0, 0.1) is 17.2 Å². The Morgan fingerprint density at radius 3 is 3.07 bits per heavy atom. The molecule has 2 aromatic heterocycles. The van der Waals surface area contributed by atoms with E-state index in [0.717, 1.165) is 25.1 Å². The van der Waals surface area contributed by atoms with E-state index in [1.807, 2.05) is 24.2 Å². The first-order valence-electron chi connectivity index (χ1n) is 9.22. The summed E-state index contributed by atoms with van der Waals surface area (Å²) in [6.45, 7) is 2.10. The van der Waals surface area contributed by atoms with E-state index in [9.17, 15) is 4.79 Å². The van der Waals surface area contributed by atoms with Crippen LogP contribution in [0.3, 0.4) is 0 Å². The number of carbonyl (C=O) groups excluding carboxylic acids is 1. The summed E-state index contributed by atoms with van der Waals surface area (Å²) in [5.74, 6) is 1.34. The number of aromatic nitrogens is 4. The lowest BCUT2D eigenvalue weighted by atomic mass is 9.97. The van der Waals surface area contributed by atoms with Crippen molar-refractivity contribution in [3.63, 3.8) is 0 Å². The molecule has 2 aromatic rings. The lowest BCUT2D eigenvalue weighted by Gasteiger charge is -2.33. The van der Waals surface area contributed by atoms with Gasteiger partial charge in [-0.05, 0) is 18.8 Å². The van der Waals surface area contributed by atoms with Gasteiger partial charge in [0.25, 0.3) is 0 Å². The Balaban J connectivity index is 1.57. The molecule has 10 heteroatoms. The van der Waals surface area contributed by atoms with Crippen molar-refractivity contribution in [1.82, 2.24) is 24.6 Å². The Labute approximate surface area is 168 Å². The Hall–Kier alpha value is -2.86. The first kappa shape index (κ1) is 19.9. The van der Waals surface area contributed by atoms with Crippen molar-refractivity contribution >= 4 is 35.0 Å². The van der Waals surface area contributed by atoms with E-state index in [-0.39, 0.29) is 18.7 Å². The molecule has 9 nitrogen and oxygen atoms in total. The Morgan fingerprint density at radius 2 is 2.32 bits per heavy atom. The number of anilines is 3. The molecule has 1 saturated heterocycles. The molecule has 1 atom stereocenters. The molecule has 28 heavy (non-hydrogen) atoms. The highest BCUT2D eigenvalue weighted by Gasteiger charge is 2.23. The second-order valence-electron chi connectivity index (χ2n) is 6.80. The highest BCUT2D eigenvalue weighted by Crippen LogP contribution is 2.23. The van der Waals surface area contributed by atoms with Crippen molar-refractivity contribution in [3.05, 3.63) is 23.6 Å². The van der Waals surface area contributed by atoms with Crippen LogP contribution in [0.1, 0.15) is 25.7 Å². The first-order valence-corrected chi connectivity index (χ1v) is 9.59. The molecule has 0 saturated carbocycles. The number of amides is 1. The van der Waals surface area contributed by atoms with E-state index < -0.39 is 0 Å². The summed E-state index contributed by atoms with van der Waals surface area (Å²) in [5.41, 5.74) is 0.787. The topological polar surface area (TPSA) is 112 Å². The molecule has 0 aromatic carbocycles. The number of halogens is 1. The summed E-state index contributed by atoms with van der Waals surface area (Å²) in [6, 6.07) is 2.03. The number of rotatable bonds is 7. The van der Waals surface area contributed by atoms with Crippen LogP contribution in [-0.4, -0.2) is 50.2 Å². The molecule has 0 radical (unpaired) electrons. The molecule has 1 aliphatic rings. The molecule has 0 aliphatic carbocycles. The zero-order valence-corrected chi connectivity index (χ0v) is 16.5. The summed E-state index contributed by atoms with van der Waals surface area (Å²) in [4.78, 5) is 22.6. The molecule has 0 bridgehead atoms. The van der Waals surface area contributed by atoms with Crippen LogP contribution in [0.2, 0.25) is 5.02 Å². The van der Waals surface area contributed by atoms with Gasteiger partial charge in [-0.2, -0.15) is 15.3 Å². The molecule has 148 valence electrons. The first-order chi connectivity index (χ1) is 13.5. The van der Waals surface area contributed by atoms with Crippen molar-refractivity contribution in [2.45, 2.75) is 25.7 Å². The quantitative estimate of drug-likeness (QED) is 0.731. The van der Waals surface area contributed by atoms with E-state index in [2.05, 4.69) is 25.7 Å². The third-order valence-corrected chi connectivity index (χ3v) is 4.86. The fraction of sp³-hybridized carbons (Fsp3) is 0.500. The van der Waals surface area contributed by atoms with Gasteiger partial charge in [0.1, 0.15) is 5.02 Å². The number of likely N-dealkylation sites (tertiary alicyclic amines) is 1. The van der Waals surface area contributed by atoms with Gasteiger partial charge >= 0.3 is 0 Å². The molecule has 1 amide bonds. The number of aryl methyl sites for hydroxylation is 1. The van der Waals surface area contributed by atoms with Gasteiger partial charge in [-0.15, -0.1) is 0 Å². The van der Waals surface area contributed by atoms with Gasteiger partial charge in [0.2, 0.25) is 11.9 Å². The maximum atomic E-state index is 12.1. The van der Waals surface area contributed by atoms with Gasteiger partial charge in [-0.3, -0.25) is 9.48 Å². The number of nitriles is 1. The zero-order valence-electron chi connectivity index (χ0n) is 15.7. The van der Waals surface area contributed by atoms with Crippen LogP contribution in [0.25, 0.3) is 0 Å². The zero-order chi connectivity index (χ0) is 19.9. The minimum Gasteiger partial charge on any atom is -0.368 e. The van der Waals surface area contributed by atoms with E-state index in [1.54, 1.807) is 17.1 Å². The highest BCUT2D eigenvalue weighted by molar-refractivity contribution is 6.32. The Morgan fingerprint density at radius 1 is 1.46 bits per heavy atom. The van der Waals surface area contributed by atoms with Crippen LogP contribution in [0.15, 0.2) is 18.6 Å². The summed E-state index contributed by atoms with van der Waals surface area (Å²) in [7, 11) is 1.83. The van der Waals surface area contributed by atoms with Gasteiger partial charge in [-0.25, -0.2) is 4.98 Å². The average Bonchev–Trinajstić information content (AvgIpc) is 3.11. The van der Waals surface area contributed by atoms with Crippen molar-refractivity contribution in [2.75, 3.05) is 30.3 Å². The molecule has 1 fully saturated rings. The van der Waals surface area contributed by atoms with Crippen molar-refractivity contribution in [3.8, 4) is 6.07 Å². The minimum atomic E-state index is 0.0503. The molecule has 3 rings (SSSR count). The molecule has 0 spiro atoms. The second-order valence-corrected chi connectivity index (χ2v) is 7.21. The summed E-state index contributed by atoms with van der Waals surface area (Å²) >= 11 is 6.23. The normalized spacial score (nSPS) is 16.5. The van der Waals surface area contributed by atoms with Crippen LogP contribution in [-0.2, 0) is 11.8 Å². The molecule has 1 unspecified atom stereocenters. The van der Waals surface area contributed by atoms with Gasteiger partial charge in [0.15, 0.2) is 5.82 Å². The van der Waals surface area contributed by atoms with Gasteiger partial charge < -0.3 is 15.5 Å². The van der Waals surface area contributed by atoms with Gasteiger partial charge in [0.05, 0.1) is 24.2 Å². The monoisotopic (exact) mass is 402 g/mol. The summed E-state index contributed by atoms with van der Waals surface area (Å²) in [6.07, 6.45) is 7.60. The van der Waals surface area contributed by atoms with Gasteiger partial charge in [0, 0.05) is 45.7 Å². The molecule has 1 aliphatic heterocycles. The molecule has 2 N–H and O–H groups in total. The highest BCUT2D eigenvalue weighted by atomic mass is 35.5. The fourth-order valence-corrected chi connectivity index (χ4v) is 3.34. The van der Waals surface area contributed by atoms with Crippen LogP contribution in [0.4, 0.5) is 17.5 Å². The number of hydrogen-bond donors (Lipinski definition) is 2. The average molecular weight is 403 g/mol. The third kappa shape index (κ3) is 5.33. The largest absolute Gasteiger partial charge is 0.368 e. The predicted octanol–water partition coefficient (Wildman–Crippen LogP) is 2.56. The Kier molecular flexibility index (Phi) is 6.66. The number of piperidine rings is 1. The van der Waals surface area contributed by atoms with Crippen LogP contribution >= 0.6 is 11.6 Å². The van der Waals surface area contributed by atoms with Crippen LogP contribution < -0.4 is 10.6 Å². The summed E-state index contributed by atoms with van der Waals surface area (Å²) in [5, 5.41) is 19.6. The van der Waals surface area contributed by atoms with Crippen molar-refractivity contribution in [1.29, 1.82) is 5.26 Å². The van der Waals surface area contributed by atoms with Crippen molar-refractivity contribution < 1.29 is 4.79 Å². The Bertz CT molecular complexity index is 862. The lowest BCUT2D eigenvalue weighted by Crippen LogP contribution is -2.41. The lowest BCUT2D eigenvalue weighted by molar-refractivity contribution is -0.132. The van der Waals surface area contributed by atoms with E-state index in [4.69, 9.17) is 16.9 Å². The van der Waals surface area contributed by atoms with Crippen molar-refractivity contribution in [2.24, 2.45) is 13.0 Å². The number of hydrogen-bond acceptors (Lipinski definition) is 7. The number of nitrogens with one attached hydrogen (secondary N) is 2. The molecule has 3 heterocycles. The third-order valence-electron chi connectivity index (χ3n) is 4.59. The maximum absolute atomic E-state index is 12.1. The minimum absolute atomic E-state index is 0.0503. The SMILES string of the molecule is Cn1cc(Nc2ncc(Cl)c(NCC3CCCN(C(=O)CCC#N)C3)n2)cn1. The van der Waals surface area contributed by atoms with E-state index in [1.165, 1.54) is 0 Å². The van der Waals surface area contributed by atoms with E-state index in [0.29, 0.717) is 35.8 Å². The van der Waals surface area contributed by atoms with E-state index >= 15 is 0 Å². The smallest absolute Gasteiger partial charge is 0.229 e. The predicted molar refractivity (Wildman–Crippen MR) is 106 cm³/mol. The second kappa shape index (κ2) is 9.37. The maximum Gasteiger partial charge on any atom is 0.229 e. The summed E-state index contributed by atoms with van der Waals surface area (Å²) < 4.78 is 1.68. The number of nitrogens with zero attached hydrogens (tertiary/aromatic N) is 6. The van der Waals surface area contributed by atoms with Crippen LogP contribution in [0.5, 0.6) is 0 Å². The fourth-order valence-electron chi connectivity index (χ4n) is 3.19.